The van der Waals surface area contributed by atoms with Gasteiger partial charge in [0.15, 0.2) is 0 Å². The Labute approximate surface area is 191 Å². The summed E-state index contributed by atoms with van der Waals surface area (Å²) in [5, 5.41) is 1.20. The molecule has 32 heavy (non-hydrogen) atoms. The van der Waals surface area contributed by atoms with E-state index in [1.165, 1.54) is 10.9 Å². The minimum Gasteiger partial charge on any atom is -0.361 e. The van der Waals surface area contributed by atoms with Gasteiger partial charge in [0, 0.05) is 43.2 Å². The van der Waals surface area contributed by atoms with Crippen LogP contribution in [0, 0.1) is 0 Å². The van der Waals surface area contributed by atoms with Crippen LogP contribution >= 0.6 is 0 Å². The third kappa shape index (κ3) is 6.46. The monoisotopic (exact) mass is 433 g/mol. The Morgan fingerprint density at radius 1 is 0.844 bits per heavy atom. The van der Waals surface area contributed by atoms with Crippen LogP contribution in [0.25, 0.3) is 10.9 Å². The van der Waals surface area contributed by atoms with Gasteiger partial charge in [-0.3, -0.25) is 9.59 Å². The van der Waals surface area contributed by atoms with E-state index in [0.717, 1.165) is 36.8 Å². The minimum absolute atomic E-state index is 0.00857. The number of nitrogens with one attached hydrogen (secondary N) is 1. The number of aromatic amines is 1. The van der Waals surface area contributed by atoms with Crippen molar-refractivity contribution in [2.45, 2.75) is 52.5 Å². The van der Waals surface area contributed by atoms with Crippen LogP contribution < -0.4 is 0 Å². The van der Waals surface area contributed by atoms with E-state index < -0.39 is 0 Å². The van der Waals surface area contributed by atoms with Gasteiger partial charge < -0.3 is 14.8 Å². The fourth-order valence-electron chi connectivity index (χ4n) is 3.97. The predicted octanol–water partition coefficient (Wildman–Crippen LogP) is 5.17. The zero-order valence-corrected chi connectivity index (χ0v) is 19.3. The summed E-state index contributed by atoms with van der Waals surface area (Å²) in [5.74, 6) is 0.0832. The SMILES string of the molecule is CCCCN(CC(=O)N(CCc1c[nH]c2ccccc12)Cc1ccccc1)C(=O)CCC. The molecule has 0 bridgehead atoms. The number of hydrogen-bond donors (Lipinski definition) is 1. The summed E-state index contributed by atoms with van der Waals surface area (Å²) < 4.78 is 0. The van der Waals surface area contributed by atoms with Crippen LogP contribution in [0.15, 0.2) is 60.8 Å². The summed E-state index contributed by atoms with van der Waals surface area (Å²) in [5.41, 5.74) is 3.41. The van der Waals surface area contributed by atoms with E-state index in [0.29, 0.717) is 26.1 Å². The van der Waals surface area contributed by atoms with Crippen LogP contribution in [0.3, 0.4) is 0 Å². The molecule has 0 unspecified atom stereocenters. The lowest BCUT2D eigenvalue weighted by molar-refractivity contribution is -0.141. The summed E-state index contributed by atoms with van der Waals surface area (Å²) in [4.78, 5) is 33.0. The van der Waals surface area contributed by atoms with Gasteiger partial charge in [-0.15, -0.1) is 0 Å². The second-order valence-electron chi connectivity index (χ2n) is 8.33. The van der Waals surface area contributed by atoms with E-state index in [4.69, 9.17) is 0 Å². The fraction of sp³-hybridized carbons (Fsp3) is 0.407. The minimum atomic E-state index is 0.00857. The Bertz CT molecular complexity index is 996. The van der Waals surface area contributed by atoms with Crippen molar-refractivity contribution in [3.63, 3.8) is 0 Å². The summed E-state index contributed by atoms with van der Waals surface area (Å²) in [7, 11) is 0. The highest BCUT2D eigenvalue weighted by atomic mass is 16.2. The molecule has 1 heterocycles. The molecule has 1 aromatic heterocycles. The molecule has 0 aliphatic carbocycles. The zero-order chi connectivity index (χ0) is 22.8. The number of carbonyl (C=O) groups is 2. The van der Waals surface area contributed by atoms with Crippen molar-refractivity contribution in [3.8, 4) is 0 Å². The predicted molar refractivity (Wildman–Crippen MR) is 130 cm³/mol. The number of rotatable bonds is 12. The van der Waals surface area contributed by atoms with Gasteiger partial charge in [-0.05, 0) is 36.5 Å². The third-order valence-electron chi connectivity index (χ3n) is 5.82. The quantitative estimate of drug-likeness (QED) is 0.428. The Morgan fingerprint density at radius 3 is 2.34 bits per heavy atom. The number of hydrogen-bond acceptors (Lipinski definition) is 2. The average Bonchev–Trinajstić information content (AvgIpc) is 3.23. The van der Waals surface area contributed by atoms with Crippen molar-refractivity contribution >= 4 is 22.7 Å². The summed E-state index contributed by atoms with van der Waals surface area (Å²) in [6, 6.07) is 18.3. The van der Waals surface area contributed by atoms with Crippen LogP contribution in [0.2, 0.25) is 0 Å². The topological polar surface area (TPSA) is 56.4 Å². The number of aromatic nitrogens is 1. The first-order valence-corrected chi connectivity index (χ1v) is 11.8. The molecular weight excluding hydrogens is 398 g/mol. The molecule has 5 nitrogen and oxygen atoms in total. The first-order chi connectivity index (χ1) is 15.6. The van der Waals surface area contributed by atoms with Crippen LogP contribution in [-0.4, -0.2) is 46.2 Å². The molecule has 0 fully saturated rings. The average molecular weight is 434 g/mol. The van der Waals surface area contributed by atoms with Crippen molar-refractivity contribution in [1.29, 1.82) is 0 Å². The lowest BCUT2D eigenvalue weighted by Crippen LogP contribution is -2.43. The van der Waals surface area contributed by atoms with E-state index in [2.05, 4.69) is 24.0 Å². The van der Waals surface area contributed by atoms with Crippen molar-refractivity contribution in [3.05, 3.63) is 71.9 Å². The second kappa shape index (κ2) is 12.1. The summed E-state index contributed by atoms with van der Waals surface area (Å²) in [6.07, 6.45) is 6.00. The number of para-hydroxylation sites is 1. The van der Waals surface area contributed by atoms with Gasteiger partial charge in [-0.1, -0.05) is 68.8 Å². The van der Waals surface area contributed by atoms with Crippen molar-refractivity contribution < 1.29 is 9.59 Å². The third-order valence-corrected chi connectivity index (χ3v) is 5.82. The van der Waals surface area contributed by atoms with E-state index in [1.54, 1.807) is 4.90 Å². The molecule has 0 spiro atoms. The van der Waals surface area contributed by atoms with Crippen LogP contribution in [-0.2, 0) is 22.6 Å². The van der Waals surface area contributed by atoms with Gasteiger partial charge in [0.2, 0.25) is 11.8 Å². The number of nitrogens with zero attached hydrogens (tertiary/aromatic N) is 2. The normalized spacial score (nSPS) is 10.9. The molecule has 5 heteroatoms. The maximum atomic E-state index is 13.4. The van der Waals surface area contributed by atoms with Crippen LogP contribution in [0.5, 0.6) is 0 Å². The zero-order valence-electron chi connectivity index (χ0n) is 19.3. The van der Waals surface area contributed by atoms with Crippen molar-refractivity contribution in [2.24, 2.45) is 0 Å². The Balaban J connectivity index is 1.74. The molecule has 0 aliphatic heterocycles. The Hall–Kier alpha value is -3.08. The highest BCUT2D eigenvalue weighted by Crippen LogP contribution is 2.19. The van der Waals surface area contributed by atoms with Crippen LogP contribution in [0.4, 0.5) is 0 Å². The maximum Gasteiger partial charge on any atom is 0.242 e. The number of benzene rings is 2. The molecule has 0 atom stereocenters. The highest BCUT2D eigenvalue weighted by Gasteiger charge is 2.21. The maximum absolute atomic E-state index is 13.4. The lowest BCUT2D eigenvalue weighted by atomic mass is 10.1. The fourth-order valence-corrected chi connectivity index (χ4v) is 3.97. The van der Waals surface area contributed by atoms with Crippen molar-refractivity contribution in [1.82, 2.24) is 14.8 Å². The van der Waals surface area contributed by atoms with E-state index in [-0.39, 0.29) is 18.4 Å². The van der Waals surface area contributed by atoms with Gasteiger partial charge in [-0.2, -0.15) is 0 Å². The smallest absolute Gasteiger partial charge is 0.242 e. The van der Waals surface area contributed by atoms with Gasteiger partial charge in [0.25, 0.3) is 0 Å². The first kappa shape index (κ1) is 23.6. The largest absolute Gasteiger partial charge is 0.361 e. The molecule has 0 saturated heterocycles. The van der Waals surface area contributed by atoms with Crippen molar-refractivity contribution in [2.75, 3.05) is 19.6 Å². The summed E-state index contributed by atoms with van der Waals surface area (Å²) in [6.45, 7) is 6.06. The number of H-pyrrole nitrogens is 1. The molecule has 0 aliphatic rings. The van der Waals surface area contributed by atoms with E-state index >= 15 is 0 Å². The molecule has 1 N–H and O–H groups in total. The Morgan fingerprint density at radius 2 is 1.59 bits per heavy atom. The highest BCUT2D eigenvalue weighted by molar-refractivity contribution is 5.85. The second-order valence-corrected chi connectivity index (χ2v) is 8.33. The van der Waals surface area contributed by atoms with E-state index in [9.17, 15) is 9.59 Å². The molecule has 0 radical (unpaired) electrons. The lowest BCUT2D eigenvalue weighted by Gasteiger charge is -2.28. The molecule has 0 saturated carbocycles. The van der Waals surface area contributed by atoms with Gasteiger partial charge in [-0.25, -0.2) is 0 Å². The number of amides is 2. The number of carbonyl (C=O) groups excluding carboxylic acids is 2. The molecule has 3 aromatic rings. The van der Waals surface area contributed by atoms with Crippen LogP contribution in [0.1, 0.15) is 50.7 Å². The Kier molecular flexibility index (Phi) is 8.90. The standard InChI is InChI=1S/C27H35N3O2/c1-3-5-17-29(26(31)11-4-2)21-27(32)30(20-22-12-7-6-8-13-22)18-16-23-19-28-25-15-10-9-14-24(23)25/h6-10,12-15,19,28H,3-5,11,16-18,20-21H2,1-2H3. The molecule has 3 rings (SSSR count). The molecule has 2 aromatic carbocycles. The number of fused-ring (bicyclic) bond motifs is 1. The van der Waals surface area contributed by atoms with Gasteiger partial charge in [0.1, 0.15) is 0 Å². The number of unbranched alkanes of at least 4 members (excludes halogenated alkanes) is 1. The molecule has 2 amide bonds. The summed E-state index contributed by atoms with van der Waals surface area (Å²) >= 11 is 0. The van der Waals surface area contributed by atoms with E-state index in [1.807, 2.05) is 60.5 Å². The van der Waals surface area contributed by atoms with Gasteiger partial charge >= 0.3 is 0 Å². The molecular formula is C27H35N3O2. The first-order valence-electron chi connectivity index (χ1n) is 11.8. The molecule has 170 valence electrons. The van der Waals surface area contributed by atoms with Gasteiger partial charge in [0.05, 0.1) is 6.54 Å².